The van der Waals surface area contributed by atoms with Gasteiger partial charge in [0.25, 0.3) is 0 Å². The first-order chi connectivity index (χ1) is 6.73. The molecule has 1 unspecified atom stereocenters. The number of hydrogen-bond acceptors (Lipinski definition) is 3. The maximum atomic E-state index is 5.94. The van der Waals surface area contributed by atoms with Crippen LogP contribution in [-0.4, -0.2) is 28.9 Å². The third-order valence-electron chi connectivity index (χ3n) is 2.75. The fourth-order valence-electron chi connectivity index (χ4n) is 1.78. The molecule has 76 valence electrons. The Morgan fingerprint density at radius 2 is 2.43 bits per heavy atom. The van der Waals surface area contributed by atoms with E-state index in [-0.39, 0.29) is 5.41 Å². The summed E-state index contributed by atoms with van der Waals surface area (Å²) in [6.07, 6.45) is 6.36. The van der Waals surface area contributed by atoms with E-state index >= 15 is 0 Å². The minimum Gasteiger partial charge on any atom is -0.355 e. The van der Waals surface area contributed by atoms with Gasteiger partial charge in [0.05, 0.1) is 6.20 Å². The van der Waals surface area contributed by atoms with Crippen LogP contribution in [0.25, 0.3) is 0 Å². The van der Waals surface area contributed by atoms with Gasteiger partial charge in [-0.3, -0.25) is 4.98 Å². The van der Waals surface area contributed by atoms with Crippen LogP contribution in [0, 0.1) is 5.41 Å². The van der Waals surface area contributed by atoms with Gasteiger partial charge in [-0.2, -0.15) is 0 Å². The summed E-state index contributed by atoms with van der Waals surface area (Å²) in [4.78, 5) is 10.6. The highest BCUT2D eigenvalue weighted by Gasteiger charge is 2.33. The standard InChI is InChI=1S/C10H14ClN3/c1-10(7-11)2-5-14(8-10)9-6-12-3-4-13-9/h3-4,6H,2,5,7-8H2,1H3. The van der Waals surface area contributed by atoms with Crippen molar-refractivity contribution in [3.8, 4) is 0 Å². The van der Waals surface area contributed by atoms with Crippen molar-refractivity contribution < 1.29 is 0 Å². The minimum absolute atomic E-state index is 0.235. The molecular formula is C10H14ClN3. The monoisotopic (exact) mass is 211 g/mol. The molecule has 14 heavy (non-hydrogen) atoms. The van der Waals surface area contributed by atoms with Crippen molar-refractivity contribution in [2.24, 2.45) is 5.41 Å². The molecule has 0 radical (unpaired) electrons. The van der Waals surface area contributed by atoms with Crippen LogP contribution in [0.1, 0.15) is 13.3 Å². The molecule has 0 aromatic carbocycles. The lowest BCUT2D eigenvalue weighted by Crippen LogP contribution is -2.26. The lowest BCUT2D eigenvalue weighted by atomic mass is 9.93. The number of nitrogens with zero attached hydrogens (tertiary/aromatic N) is 3. The summed E-state index contributed by atoms with van der Waals surface area (Å²) < 4.78 is 0. The molecular weight excluding hydrogens is 198 g/mol. The molecule has 1 aliphatic rings. The molecule has 1 fully saturated rings. The molecule has 1 aromatic heterocycles. The Labute approximate surface area is 89.1 Å². The molecule has 1 aromatic rings. The second-order valence-corrected chi connectivity index (χ2v) is 4.45. The van der Waals surface area contributed by atoms with Crippen LogP contribution >= 0.6 is 11.6 Å². The van der Waals surface area contributed by atoms with Crippen molar-refractivity contribution >= 4 is 17.4 Å². The van der Waals surface area contributed by atoms with Crippen LogP contribution in [0.15, 0.2) is 18.6 Å². The Morgan fingerprint density at radius 3 is 3.00 bits per heavy atom. The van der Waals surface area contributed by atoms with Crippen LogP contribution in [-0.2, 0) is 0 Å². The number of rotatable bonds is 2. The molecule has 3 nitrogen and oxygen atoms in total. The van der Waals surface area contributed by atoms with Crippen LogP contribution in [0.5, 0.6) is 0 Å². The van der Waals surface area contributed by atoms with Crippen molar-refractivity contribution in [1.29, 1.82) is 0 Å². The van der Waals surface area contributed by atoms with Gasteiger partial charge in [0.1, 0.15) is 5.82 Å². The van der Waals surface area contributed by atoms with Crippen molar-refractivity contribution in [2.75, 3.05) is 23.9 Å². The van der Waals surface area contributed by atoms with Gasteiger partial charge in [0.15, 0.2) is 0 Å². The highest BCUT2D eigenvalue weighted by molar-refractivity contribution is 6.18. The van der Waals surface area contributed by atoms with E-state index in [1.54, 1.807) is 18.6 Å². The number of alkyl halides is 1. The zero-order chi connectivity index (χ0) is 10.0. The van der Waals surface area contributed by atoms with Crippen LogP contribution < -0.4 is 4.90 Å². The van der Waals surface area contributed by atoms with Crippen LogP contribution in [0.3, 0.4) is 0 Å². The first-order valence-electron chi connectivity index (χ1n) is 4.80. The van der Waals surface area contributed by atoms with Gasteiger partial charge in [0.2, 0.25) is 0 Å². The Bertz CT molecular complexity index is 303. The Balaban J connectivity index is 2.10. The van der Waals surface area contributed by atoms with E-state index < -0.39 is 0 Å². The molecule has 1 aliphatic heterocycles. The van der Waals surface area contributed by atoms with Crippen molar-refractivity contribution in [3.05, 3.63) is 18.6 Å². The van der Waals surface area contributed by atoms with Gasteiger partial charge in [-0.05, 0) is 6.42 Å². The fourth-order valence-corrected chi connectivity index (χ4v) is 2.00. The Morgan fingerprint density at radius 1 is 1.57 bits per heavy atom. The highest BCUT2D eigenvalue weighted by atomic mass is 35.5. The summed E-state index contributed by atoms with van der Waals surface area (Å²) in [5.74, 6) is 1.67. The Kier molecular flexibility index (Phi) is 2.59. The molecule has 0 saturated carbocycles. The molecule has 2 heterocycles. The molecule has 0 bridgehead atoms. The van der Waals surface area contributed by atoms with Crippen LogP contribution in [0.2, 0.25) is 0 Å². The molecule has 0 aliphatic carbocycles. The smallest absolute Gasteiger partial charge is 0.147 e. The number of aromatic nitrogens is 2. The summed E-state index contributed by atoms with van der Waals surface area (Å²) in [5.41, 5.74) is 0.235. The molecule has 0 N–H and O–H groups in total. The van der Waals surface area contributed by atoms with Gasteiger partial charge in [-0.15, -0.1) is 11.6 Å². The summed E-state index contributed by atoms with van der Waals surface area (Å²) in [7, 11) is 0. The second kappa shape index (κ2) is 3.73. The normalized spacial score (nSPS) is 26.9. The molecule has 2 rings (SSSR count). The molecule has 0 spiro atoms. The quantitative estimate of drug-likeness (QED) is 0.701. The number of hydrogen-bond donors (Lipinski definition) is 0. The molecule has 4 heteroatoms. The highest BCUT2D eigenvalue weighted by Crippen LogP contribution is 2.32. The van der Waals surface area contributed by atoms with Gasteiger partial charge < -0.3 is 4.90 Å². The predicted molar refractivity (Wildman–Crippen MR) is 57.7 cm³/mol. The van der Waals surface area contributed by atoms with E-state index in [0.29, 0.717) is 5.88 Å². The van der Waals surface area contributed by atoms with E-state index in [9.17, 15) is 0 Å². The summed E-state index contributed by atoms with van der Waals surface area (Å²) in [6.45, 7) is 4.23. The number of anilines is 1. The Hall–Kier alpha value is -0.830. The molecule has 0 amide bonds. The topological polar surface area (TPSA) is 29.0 Å². The van der Waals surface area contributed by atoms with Gasteiger partial charge >= 0.3 is 0 Å². The first-order valence-corrected chi connectivity index (χ1v) is 5.34. The van der Waals surface area contributed by atoms with Crippen molar-refractivity contribution in [3.63, 3.8) is 0 Å². The largest absolute Gasteiger partial charge is 0.355 e. The van der Waals surface area contributed by atoms with Gasteiger partial charge in [-0.25, -0.2) is 4.98 Å². The molecule has 1 saturated heterocycles. The van der Waals surface area contributed by atoms with Crippen molar-refractivity contribution in [1.82, 2.24) is 9.97 Å². The van der Waals surface area contributed by atoms with Gasteiger partial charge in [0, 0.05) is 36.8 Å². The van der Waals surface area contributed by atoms with E-state index in [1.807, 2.05) is 0 Å². The zero-order valence-electron chi connectivity index (χ0n) is 8.28. The predicted octanol–water partition coefficient (Wildman–Crippen LogP) is 1.93. The summed E-state index contributed by atoms with van der Waals surface area (Å²) >= 11 is 5.94. The summed E-state index contributed by atoms with van der Waals surface area (Å²) in [5, 5.41) is 0. The molecule has 1 atom stereocenters. The average molecular weight is 212 g/mol. The van der Waals surface area contributed by atoms with E-state index in [1.165, 1.54) is 0 Å². The lowest BCUT2D eigenvalue weighted by molar-refractivity contribution is 0.425. The summed E-state index contributed by atoms with van der Waals surface area (Å²) in [6, 6.07) is 0. The van der Waals surface area contributed by atoms with E-state index in [2.05, 4.69) is 21.8 Å². The third-order valence-corrected chi connectivity index (χ3v) is 3.40. The maximum Gasteiger partial charge on any atom is 0.147 e. The van der Waals surface area contributed by atoms with Crippen molar-refractivity contribution in [2.45, 2.75) is 13.3 Å². The van der Waals surface area contributed by atoms with Gasteiger partial charge in [-0.1, -0.05) is 6.92 Å². The average Bonchev–Trinajstić information content (AvgIpc) is 2.63. The maximum absolute atomic E-state index is 5.94. The van der Waals surface area contributed by atoms with E-state index in [0.717, 1.165) is 25.3 Å². The fraction of sp³-hybridized carbons (Fsp3) is 0.600. The lowest BCUT2D eigenvalue weighted by Gasteiger charge is -2.21. The van der Waals surface area contributed by atoms with E-state index in [4.69, 9.17) is 11.6 Å². The third kappa shape index (κ3) is 1.82. The minimum atomic E-state index is 0.235. The SMILES string of the molecule is CC1(CCl)CCN(c2cnccn2)C1. The number of halogens is 1. The van der Waals surface area contributed by atoms with Crippen LogP contribution in [0.4, 0.5) is 5.82 Å². The zero-order valence-corrected chi connectivity index (χ0v) is 9.04. The second-order valence-electron chi connectivity index (χ2n) is 4.18. The first kappa shape index (κ1) is 9.71.